The summed E-state index contributed by atoms with van der Waals surface area (Å²) < 4.78 is 5.57. The van der Waals surface area contributed by atoms with Crippen LogP contribution in [0, 0.1) is 6.92 Å². The molecule has 1 heterocycles. The van der Waals surface area contributed by atoms with Gasteiger partial charge < -0.3 is 14.8 Å². The summed E-state index contributed by atoms with van der Waals surface area (Å²) in [6, 6.07) is 15.5. The summed E-state index contributed by atoms with van der Waals surface area (Å²) in [5, 5.41) is 13.0. The lowest BCUT2D eigenvalue weighted by atomic mass is 10.2. The van der Waals surface area contributed by atoms with Gasteiger partial charge >= 0.3 is 0 Å². The molecule has 0 aliphatic heterocycles. The molecule has 0 spiro atoms. The van der Waals surface area contributed by atoms with Crippen LogP contribution in [0.5, 0.6) is 5.75 Å². The average Bonchev–Trinajstić information content (AvgIpc) is 3.00. The van der Waals surface area contributed by atoms with Crippen molar-refractivity contribution in [3.05, 3.63) is 70.9 Å². The molecule has 0 bridgehead atoms. The first-order valence-corrected chi connectivity index (χ1v) is 7.38. The largest absolute Gasteiger partial charge is 0.506 e. The number of rotatable bonds is 3. The summed E-state index contributed by atoms with van der Waals surface area (Å²) in [5.74, 6) is 0.215. The standard InChI is InChI=1S/C18H14ClNO3/c1-11-6-7-14(15(21)10-11)20-18(22)17-9-8-16(23-17)12-4-2-3-5-13(12)19/h2-10,21H,1H3,(H,20,22). The van der Waals surface area contributed by atoms with E-state index in [0.29, 0.717) is 22.0 Å². The molecule has 0 aliphatic carbocycles. The smallest absolute Gasteiger partial charge is 0.291 e. The summed E-state index contributed by atoms with van der Waals surface area (Å²) in [6.07, 6.45) is 0. The number of nitrogens with one attached hydrogen (secondary N) is 1. The summed E-state index contributed by atoms with van der Waals surface area (Å²) in [7, 11) is 0. The summed E-state index contributed by atoms with van der Waals surface area (Å²) in [4.78, 5) is 12.2. The number of phenolic OH excluding ortho intramolecular Hbond substituents is 1. The van der Waals surface area contributed by atoms with Crippen LogP contribution in [-0.2, 0) is 0 Å². The summed E-state index contributed by atoms with van der Waals surface area (Å²) in [5.41, 5.74) is 1.95. The van der Waals surface area contributed by atoms with E-state index in [4.69, 9.17) is 16.0 Å². The molecular weight excluding hydrogens is 314 g/mol. The normalized spacial score (nSPS) is 10.5. The number of hydrogen-bond donors (Lipinski definition) is 2. The van der Waals surface area contributed by atoms with Gasteiger partial charge in [-0.05, 0) is 48.9 Å². The topological polar surface area (TPSA) is 62.5 Å². The van der Waals surface area contributed by atoms with Crippen molar-refractivity contribution in [1.82, 2.24) is 0 Å². The number of phenols is 1. The quantitative estimate of drug-likeness (QED) is 0.675. The van der Waals surface area contributed by atoms with Crippen LogP contribution in [0.1, 0.15) is 16.1 Å². The zero-order chi connectivity index (χ0) is 16.4. The van der Waals surface area contributed by atoms with Gasteiger partial charge in [0.05, 0.1) is 10.7 Å². The van der Waals surface area contributed by atoms with Crippen molar-refractivity contribution in [3.63, 3.8) is 0 Å². The number of halogens is 1. The van der Waals surface area contributed by atoms with E-state index in [0.717, 1.165) is 5.56 Å². The van der Waals surface area contributed by atoms with Gasteiger partial charge in [0.15, 0.2) is 5.76 Å². The fourth-order valence-electron chi connectivity index (χ4n) is 2.20. The van der Waals surface area contributed by atoms with E-state index in [2.05, 4.69) is 5.32 Å². The first kappa shape index (κ1) is 15.2. The molecule has 0 fully saturated rings. The van der Waals surface area contributed by atoms with Crippen molar-refractivity contribution in [2.75, 3.05) is 5.32 Å². The molecule has 0 saturated carbocycles. The number of hydrogen-bond acceptors (Lipinski definition) is 3. The van der Waals surface area contributed by atoms with Gasteiger partial charge in [0.2, 0.25) is 0 Å². The highest BCUT2D eigenvalue weighted by atomic mass is 35.5. The van der Waals surface area contributed by atoms with E-state index >= 15 is 0 Å². The molecule has 116 valence electrons. The average molecular weight is 328 g/mol. The highest BCUT2D eigenvalue weighted by Crippen LogP contribution is 2.30. The minimum atomic E-state index is -0.442. The first-order valence-electron chi connectivity index (χ1n) is 7.00. The predicted molar refractivity (Wildman–Crippen MR) is 90.0 cm³/mol. The molecule has 2 aromatic carbocycles. The van der Waals surface area contributed by atoms with Gasteiger partial charge in [-0.25, -0.2) is 0 Å². The number of carbonyl (C=O) groups excluding carboxylic acids is 1. The van der Waals surface area contributed by atoms with Crippen molar-refractivity contribution in [3.8, 4) is 17.1 Å². The Morgan fingerprint density at radius 3 is 2.65 bits per heavy atom. The number of aromatic hydroxyl groups is 1. The van der Waals surface area contributed by atoms with Crippen LogP contribution >= 0.6 is 11.6 Å². The SMILES string of the molecule is Cc1ccc(NC(=O)c2ccc(-c3ccccc3Cl)o2)c(O)c1. The molecule has 3 rings (SSSR count). The molecular formula is C18H14ClNO3. The zero-order valence-corrected chi connectivity index (χ0v) is 13.1. The Labute approximate surface area is 138 Å². The van der Waals surface area contributed by atoms with Gasteiger partial charge in [-0.15, -0.1) is 0 Å². The molecule has 3 aromatic rings. The van der Waals surface area contributed by atoms with E-state index in [9.17, 15) is 9.90 Å². The molecule has 4 nitrogen and oxygen atoms in total. The lowest BCUT2D eigenvalue weighted by molar-refractivity contribution is 0.0997. The van der Waals surface area contributed by atoms with Gasteiger partial charge in [0, 0.05) is 5.56 Å². The lowest BCUT2D eigenvalue weighted by Gasteiger charge is -2.06. The first-order chi connectivity index (χ1) is 11.0. The maximum absolute atomic E-state index is 12.2. The van der Waals surface area contributed by atoms with Crippen LogP contribution in [0.3, 0.4) is 0 Å². The van der Waals surface area contributed by atoms with E-state index in [1.807, 2.05) is 25.1 Å². The molecule has 0 unspecified atom stereocenters. The van der Waals surface area contributed by atoms with Crippen LogP contribution in [-0.4, -0.2) is 11.0 Å². The third-order valence-corrected chi connectivity index (χ3v) is 3.70. The highest BCUT2D eigenvalue weighted by molar-refractivity contribution is 6.33. The maximum atomic E-state index is 12.2. The molecule has 0 atom stereocenters. The lowest BCUT2D eigenvalue weighted by Crippen LogP contribution is -2.10. The molecule has 1 aromatic heterocycles. The van der Waals surface area contributed by atoms with Crippen LogP contribution in [0.25, 0.3) is 11.3 Å². The Hall–Kier alpha value is -2.72. The van der Waals surface area contributed by atoms with E-state index in [-0.39, 0.29) is 11.5 Å². The van der Waals surface area contributed by atoms with Crippen molar-refractivity contribution in [2.24, 2.45) is 0 Å². The highest BCUT2D eigenvalue weighted by Gasteiger charge is 2.15. The van der Waals surface area contributed by atoms with E-state index in [1.165, 1.54) is 0 Å². The minimum absolute atomic E-state index is 0.0104. The molecule has 0 radical (unpaired) electrons. The van der Waals surface area contributed by atoms with Crippen LogP contribution in [0.2, 0.25) is 5.02 Å². The molecule has 0 aliphatic rings. The van der Waals surface area contributed by atoms with Gasteiger partial charge in [0.1, 0.15) is 11.5 Å². The van der Waals surface area contributed by atoms with Crippen molar-refractivity contribution in [1.29, 1.82) is 0 Å². The zero-order valence-electron chi connectivity index (χ0n) is 12.3. The number of benzene rings is 2. The molecule has 5 heteroatoms. The molecule has 2 N–H and O–H groups in total. The second kappa shape index (κ2) is 6.18. The number of aryl methyl sites for hydroxylation is 1. The Morgan fingerprint density at radius 1 is 1.13 bits per heavy atom. The van der Waals surface area contributed by atoms with E-state index in [1.54, 1.807) is 36.4 Å². The fourth-order valence-corrected chi connectivity index (χ4v) is 2.43. The second-order valence-corrected chi connectivity index (χ2v) is 5.53. The van der Waals surface area contributed by atoms with Gasteiger partial charge in [-0.3, -0.25) is 4.79 Å². The van der Waals surface area contributed by atoms with E-state index < -0.39 is 5.91 Å². The number of amides is 1. The fraction of sp³-hybridized carbons (Fsp3) is 0.0556. The number of anilines is 1. The van der Waals surface area contributed by atoms with Crippen LogP contribution < -0.4 is 5.32 Å². The van der Waals surface area contributed by atoms with Crippen LogP contribution in [0.4, 0.5) is 5.69 Å². The molecule has 0 saturated heterocycles. The minimum Gasteiger partial charge on any atom is -0.506 e. The molecule has 1 amide bonds. The third kappa shape index (κ3) is 3.22. The van der Waals surface area contributed by atoms with Gasteiger partial charge in [-0.1, -0.05) is 29.8 Å². The summed E-state index contributed by atoms with van der Waals surface area (Å²) >= 11 is 6.12. The predicted octanol–water partition coefficient (Wildman–Crippen LogP) is 4.87. The Balaban J connectivity index is 1.83. The molecule has 23 heavy (non-hydrogen) atoms. The maximum Gasteiger partial charge on any atom is 0.291 e. The monoisotopic (exact) mass is 327 g/mol. The third-order valence-electron chi connectivity index (χ3n) is 3.37. The van der Waals surface area contributed by atoms with Gasteiger partial charge in [-0.2, -0.15) is 0 Å². The summed E-state index contributed by atoms with van der Waals surface area (Å²) in [6.45, 7) is 1.85. The van der Waals surface area contributed by atoms with Crippen molar-refractivity contribution in [2.45, 2.75) is 6.92 Å². The Morgan fingerprint density at radius 2 is 1.91 bits per heavy atom. The van der Waals surface area contributed by atoms with Crippen molar-refractivity contribution < 1.29 is 14.3 Å². The Bertz CT molecular complexity index is 870. The Kier molecular flexibility index (Phi) is 4.08. The van der Waals surface area contributed by atoms with Gasteiger partial charge in [0.25, 0.3) is 5.91 Å². The van der Waals surface area contributed by atoms with Crippen LogP contribution in [0.15, 0.2) is 59.0 Å². The van der Waals surface area contributed by atoms with Crippen molar-refractivity contribution >= 4 is 23.2 Å². The second-order valence-electron chi connectivity index (χ2n) is 5.12. The number of carbonyl (C=O) groups is 1. The number of furan rings is 1.